The van der Waals surface area contributed by atoms with Gasteiger partial charge in [-0.25, -0.2) is 4.98 Å². The molecule has 0 radical (unpaired) electrons. The van der Waals surface area contributed by atoms with E-state index in [0.29, 0.717) is 0 Å². The summed E-state index contributed by atoms with van der Waals surface area (Å²) >= 11 is 5.39. The van der Waals surface area contributed by atoms with E-state index in [9.17, 15) is 0 Å². The van der Waals surface area contributed by atoms with Gasteiger partial charge in [0.25, 0.3) is 0 Å². The van der Waals surface area contributed by atoms with E-state index in [2.05, 4.69) is 73.0 Å². The van der Waals surface area contributed by atoms with Crippen molar-refractivity contribution in [3.05, 3.63) is 43.8 Å². The van der Waals surface area contributed by atoms with Crippen LogP contribution in [0.25, 0.3) is 0 Å². The first-order chi connectivity index (χ1) is 9.27. The lowest BCUT2D eigenvalue weighted by atomic mass is 9.98. The SMILES string of the molecule is Cc1cc(NCc2cnc(C(C)(C)C)s2)cc(C)c1Br. The number of benzene rings is 1. The average molecular weight is 353 g/mol. The molecule has 0 amide bonds. The van der Waals surface area contributed by atoms with Crippen LogP contribution in [0.5, 0.6) is 0 Å². The van der Waals surface area contributed by atoms with Crippen molar-refractivity contribution in [2.24, 2.45) is 0 Å². The maximum atomic E-state index is 4.52. The molecule has 1 heterocycles. The van der Waals surface area contributed by atoms with Crippen LogP contribution in [0.3, 0.4) is 0 Å². The summed E-state index contributed by atoms with van der Waals surface area (Å²) in [5, 5.41) is 4.68. The minimum Gasteiger partial charge on any atom is -0.380 e. The monoisotopic (exact) mass is 352 g/mol. The number of nitrogens with one attached hydrogen (secondary N) is 1. The van der Waals surface area contributed by atoms with Crippen LogP contribution >= 0.6 is 27.3 Å². The van der Waals surface area contributed by atoms with Gasteiger partial charge in [-0.3, -0.25) is 0 Å². The Morgan fingerprint density at radius 1 is 1.20 bits per heavy atom. The zero-order valence-corrected chi connectivity index (χ0v) is 15.1. The molecule has 1 N–H and O–H groups in total. The highest BCUT2D eigenvalue weighted by Crippen LogP contribution is 2.28. The van der Waals surface area contributed by atoms with Gasteiger partial charge in [-0.15, -0.1) is 11.3 Å². The number of rotatable bonds is 3. The maximum absolute atomic E-state index is 4.52. The number of hydrogen-bond acceptors (Lipinski definition) is 3. The molecule has 0 bridgehead atoms. The second-order valence-electron chi connectivity index (χ2n) is 6.16. The van der Waals surface area contributed by atoms with Gasteiger partial charge >= 0.3 is 0 Å². The molecule has 0 aliphatic carbocycles. The molecule has 108 valence electrons. The largest absolute Gasteiger partial charge is 0.380 e. The van der Waals surface area contributed by atoms with Gasteiger partial charge in [0, 0.05) is 26.6 Å². The van der Waals surface area contributed by atoms with Crippen molar-refractivity contribution in [2.75, 3.05) is 5.32 Å². The van der Waals surface area contributed by atoms with Gasteiger partial charge in [0.1, 0.15) is 0 Å². The quantitative estimate of drug-likeness (QED) is 0.796. The smallest absolute Gasteiger partial charge is 0.0981 e. The highest BCUT2D eigenvalue weighted by molar-refractivity contribution is 9.10. The predicted molar refractivity (Wildman–Crippen MR) is 91.8 cm³/mol. The Morgan fingerprint density at radius 3 is 2.30 bits per heavy atom. The molecule has 0 saturated carbocycles. The lowest BCUT2D eigenvalue weighted by molar-refractivity contribution is 0.585. The third-order valence-corrected chi connectivity index (χ3v) is 5.77. The van der Waals surface area contributed by atoms with Crippen LogP contribution in [0.15, 0.2) is 22.8 Å². The number of aryl methyl sites for hydroxylation is 2. The van der Waals surface area contributed by atoms with Crippen molar-refractivity contribution >= 4 is 33.0 Å². The third-order valence-electron chi connectivity index (χ3n) is 3.10. The first-order valence-corrected chi connectivity index (χ1v) is 8.34. The average Bonchev–Trinajstić information content (AvgIpc) is 2.82. The Labute approximate surface area is 133 Å². The number of anilines is 1. The molecule has 0 atom stereocenters. The summed E-state index contributed by atoms with van der Waals surface area (Å²) in [5.41, 5.74) is 3.81. The Kier molecular flexibility index (Phi) is 4.55. The zero-order valence-electron chi connectivity index (χ0n) is 12.7. The summed E-state index contributed by atoms with van der Waals surface area (Å²) in [6.45, 7) is 11.7. The number of halogens is 1. The van der Waals surface area contributed by atoms with Crippen LogP contribution in [0.4, 0.5) is 5.69 Å². The van der Waals surface area contributed by atoms with Crippen LogP contribution in [-0.2, 0) is 12.0 Å². The molecule has 2 rings (SSSR count). The minimum atomic E-state index is 0.133. The van der Waals surface area contributed by atoms with Crippen LogP contribution in [0.2, 0.25) is 0 Å². The molecule has 0 fully saturated rings. The Morgan fingerprint density at radius 2 is 1.80 bits per heavy atom. The number of aromatic nitrogens is 1. The number of hydrogen-bond donors (Lipinski definition) is 1. The van der Waals surface area contributed by atoms with Crippen LogP contribution < -0.4 is 5.32 Å². The lowest BCUT2D eigenvalue weighted by Gasteiger charge is -2.13. The van der Waals surface area contributed by atoms with Gasteiger partial charge in [0.2, 0.25) is 0 Å². The molecule has 4 heteroatoms. The summed E-state index contributed by atoms with van der Waals surface area (Å²) in [4.78, 5) is 5.79. The molecule has 0 unspecified atom stereocenters. The van der Waals surface area contributed by atoms with Crippen molar-refractivity contribution in [1.29, 1.82) is 0 Å². The van der Waals surface area contributed by atoms with Crippen molar-refractivity contribution < 1.29 is 0 Å². The summed E-state index contributed by atoms with van der Waals surface area (Å²) in [5.74, 6) is 0. The topological polar surface area (TPSA) is 24.9 Å². The molecule has 0 saturated heterocycles. The van der Waals surface area contributed by atoms with E-state index in [4.69, 9.17) is 0 Å². The van der Waals surface area contributed by atoms with Gasteiger partial charge in [-0.1, -0.05) is 36.7 Å². The fraction of sp³-hybridized carbons (Fsp3) is 0.438. The summed E-state index contributed by atoms with van der Waals surface area (Å²) in [6.07, 6.45) is 1.98. The molecule has 2 aromatic rings. The maximum Gasteiger partial charge on any atom is 0.0981 e. The van der Waals surface area contributed by atoms with E-state index in [1.807, 2.05) is 6.20 Å². The van der Waals surface area contributed by atoms with Crippen LogP contribution in [0, 0.1) is 13.8 Å². The van der Waals surface area contributed by atoms with E-state index in [0.717, 1.165) is 12.2 Å². The van der Waals surface area contributed by atoms with E-state index >= 15 is 0 Å². The molecule has 0 spiro atoms. The molecule has 0 aliphatic rings. The fourth-order valence-electron chi connectivity index (χ4n) is 1.97. The molecule has 1 aromatic carbocycles. The first kappa shape index (κ1) is 15.5. The Hall–Kier alpha value is -0.870. The van der Waals surface area contributed by atoms with Gasteiger partial charge < -0.3 is 5.32 Å². The van der Waals surface area contributed by atoms with E-state index in [-0.39, 0.29) is 5.41 Å². The van der Waals surface area contributed by atoms with Gasteiger partial charge in [-0.05, 0) is 37.1 Å². The summed E-state index contributed by atoms with van der Waals surface area (Å²) in [6, 6.07) is 4.34. The molecular formula is C16H21BrN2S. The van der Waals surface area contributed by atoms with Crippen molar-refractivity contribution in [2.45, 2.75) is 46.6 Å². The third kappa shape index (κ3) is 3.61. The minimum absolute atomic E-state index is 0.133. The highest BCUT2D eigenvalue weighted by atomic mass is 79.9. The molecule has 0 aliphatic heterocycles. The van der Waals surface area contributed by atoms with Gasteiger partial charge in [-0.2, -0.15) is 0 Å². The first-order valence-electron chi connectivity index (χ1n) is 6.73. The van der Waals surface area contributed by atoms with Gasteiger partial charge in [0.15, 0.2) is 0 Å². The molecule has 20 heavy (non-hydrogen) atoms. The number of nitrogens with zero attached hydrogens (tertiary/aromatic N) is 1. The van der Waals surface area contributed by atoms with Crippen molar-refractivity contribution in [3.63, 3.8) is 0 Å². The second kappa shape index (κ2) is 5.86. The highest BCUT2D eigenvalue weighted by Gasteiger charge is 2.17. The zero-order chi connectivity index (χ0) is 14.9. The standard InChI is InChI=1S/C16H21BrN2S/c1-10-6-12(7-11(2)14(10)17)18-8-13-9-19-15(20-13)16(3,4)5/h6-7,9,18H,8H2,1-5H3. The van der Waals surface area contributed by atoms with Crippen molar-refractivity contribution in [1.82, 2.24) is 4.98 Å². The van der Waals surface area contributed by atoms with Crippen LogP contribution in [0.1, 0.15) is 41.8 Å². The second-order valence-corrected chi connectivity index (χ2v) is 8.07. The normalized spacial score (nSPS) is 11.7. The molecule has 1 aromatic heterocycles. The van der Waals surface area contributed by atoms with Crippen LogP contribution in [-0.4, -0.2) is 4.98 Å². The van der Waals surface area contributed by atoms with E-state index in [1.54, 1.807) is 11.3 Å². The van der Waals surface area contributed by atoms with E-state index in [1.165, 1.54) is 25.5 Å². The summed E-state index contributed by atoms with van der Waals surface area (Å²) in [7, 11) is 0. The van der Waals surface area contributed by atoms with Gasteiger partial charge in [0.05, 0.1) is 11.6 Å². The predicted octanol–water partition coefficient (Wildman–Crippen LogP) is 5.43. The van der Waals surface area contributed by atoms with Crippen molar-refractivity contribution in [3.8, 4) is 0 Å². The Bertz CT molecular complexity index is 588. The fourth-order valence-corrected chi connectivity index (χ4v) is 3.11. The lowest BCUT2D eigenvalue weighted by Crippen LogP contribution is -2.09. The summed E-state index contributed by atoms with van der Waals surface area (Å²) < 4.78 is 1.19. The molecular weight excluding hydrogens is 332 g/mol. The van der Waals surface area contributed by atoms with E-state index < -0.39 is 0 Å². The molecule has 2 nitrogen and oxygen atoms in total. The Balaban J connectivity index is 2.08. The number of thiazole rings is 1.